The molecule has 0 radical (unpaired) electrons. The smallest absolute Gasteiger partial charge is 0.0386 e. The summed E-state index contributed by atoms with van der Waals surface area (Å²) < 4.78 is 0. The van der Waals surface area contributed by atoms with E-state index in [2.05, 4.69) is 27.7 Å². The number of hydrogen-bond acceptors (Lipinski definition) is 0. The van der Waals surface area contributed by atoms with Crippen molar-refractivity contribution >= 4 is 0 Å². The second kappa shape index (κ2) is 4.30. The van der Waals surface area contributed by atoms with Crippen LogP contribution in [-0.4, -0.2) is 0 Å². The van der Waals surface area contributed by atoms with Gasteiger partial charge in [0.2, 0.25) is 0 Å². The molecule has 0 N–H and O–H groups in total. The van der Waals surface area contributed by atoms with E-state index in [1.165, 1.54) is 25.7 Å². The van der Waals surface area contributed by atoms with Crippen LogP contribution >= 0.6 is 0 Å². The van der Waals surface area contributed by atoms with Gasteiger partial charge in [-0.25, -0.2) is 0 Å². The highest BCUT2D eigenvalue weighted by Gasteiger charge is 2.26. The van der Waals surface area contributed by atoms with Gasteiger partial charge in [-0.1, -0.05) is 40.5 Å². The first-order valence-electron chi connectivity index (χ1n) is 5.65. The maximum atomic E-state index is 2.43. The van der Waals surface area contributed by atoms with Crippen molar-refractivity contribution in [1.82, 2.24) is 0 Å². The van der Waals surface area contributed by atoms with Gasteiger partial charge in [0.15, 0.2) is 0 Å². The van der Waals surface area contributed by atoms with Gasteiger partial charge in [0, 0.05) is 0 Å². The van der Waals surface area contributed by atoms with Crippen molar-refractivity contribution in [2.45, 2.75) is 53.4 Å². The minimum Gasteiger partial charge on any atom is -0.0651 e. The zero-order valence-corrected chi connectivity index (χ0v) is 9.14. The van der Waals surface area contributed by atoms with Crippen molar-refractivity contribution in [2.24, 2.45) is 23.7 Å². The molecule has 1 aliphatic carbocycles. The van der Waals surface area contributed by atoms with Gasteiger partial charge >= 0.3 is 0 Å². The standard InChI is InChI=1S/C12H24/c1-5-9(2)12-7-6-10(3)11(4)8-12/h9-12H,5-8H2,1-4H3/t9-,10?,11?,12?/m0/s1. The molecule has 0 aromatic rings. The Hall–Kier alpha value is 0. The van der Waals surface area contributed by atoms with Crippen molar-refractivity contribution in [2.75, 3.05) is 0 Å². The van der Waals surface area contributed by atoms with E-state index < -0.39 is 0 Å². The van der Waals surface area contributed by atoms with E-state index in [0.29, 0.717) is 0 Å². The lowest BCUT2D eigenvalue weighted by molar-refractivity contribution is 0.161. The molecule has 0 saturated heterocycles. The summed E-state index contributed by atoms with van der Waals surface area (Å²) in [4.78, 5) is 0. The summed E-state index contributed by atoms with van der Waals surface area (Å²) in [5, 5.41) is 0. The van der Waals surface area contributed by atoms with Crippen LogP contribution in [-0.2, 0) is 0 Å². The average Bonchev–Trinajstić information content (AvgIpc) is 2.08. The largest absolute Gasteiger partial charge is 0.0651 e. The Morgan fingerprint density at radius 2 is 1.83 bits per heavy atom. The average molecular weight is 168 g/mol. The Balaban J connectivity index is 2.39. The summed E-state index contributed by atoms with van der Waals surface area (Å²) in [5.74, 6) is 3.93. The molecule has 0 heterocycles. The molecule has 0 aromatic carbocycles. The Labute approximate surface area is 77.7 Å². The van der Waals surface area contributed by atoms with E-state index in [1.807, 2.05) is 0 Å². The molecule has 0 aliphatic heterocycles. The van der Waals surface area contributed by atoms with Crippen molar-refractivity contribution in [1.29, 1.82) is 0 Å². The van der Waals surface area contributed by atoms with Crippen molar-refractivity contribution in [3.05, 3.63) is 0 Å². The molecule has 1 saturated carbocycles. The summed E-state index contributed by atoms with van der Waals surface area (Å²) in [5.41, 5.74) is 0. The fourth-order valence-corrected chi connectivity index (χ4v) is 2.44. The first-order valence-corrected chi connectivity index (χ1v) is 5.65. The Morgan fingerprint density at radius 3 is 2.33 bits per heavy atom. The van der Waals surface area contributed by atoms with Crippen LogP contribution in [0.2, 0.25) is 0 Å². The molecular formula is C12H24. The van der Waals surface area contributed by atoms with Crippen molar-refractivity contribution < 1.29 is 0 Å². The molecule has 0 amide bonds. The van der Waals surface area contributed by atoms with Gasteiger partial charge in [0.1, 0.15) is 0 Å². The van der Waals surface area contributed by atoms with Crippen LogP contribution in [0.3, 0.4) is 0 Å². The second-order valence-corrected chi connectivity index (χ2v) is 4.91. The second-order valence-electron chi connectivity index (χ2n) is 4.91. The van der Waals surface area contributed by atoms with E-state index in [1.54, 1.807) is 0 Å². The van der Waals surface area contributed by atoms with Gasteiger partial charge in [0.05, 0.1) is 0 Å². The number of rotatable bonds is 2. The monoisotopic (exact) mass is 168 g/mol. The summed E-state index contributed by atoms with van der Waals surface area (Å²) in [6.07, 6.45) is 5.80. The van der Waals surface area contributed by atoms with Gasteiger partial charge in [-0.2, -0.15) is 0 Å². The van der Waals surface area contributed by atoms with E-state index in [4.69, 9.17) is 0 Å². The summed E-state index contributed by atoms with van der Waals surface area (Å²) in [6, 6.07) is 0. The van der Waals surface area contributed by atoms with E-state index in [-0.39, 0.29) is 0 Å². The molecule has 0 aromatic heterocycles. The minimum atomic E-state index is 0.958. The van der Waals surface area contributed by atoms with Crippen LogP contribution in [0, 0.1) is 23.7 Å². The molecule has 0 bridgehead atoms. The van der Waals surface area contributed by atoms with Gasteiger partial charge < -0.3 is 0 Å². The summed E-state index contributed by atoms with van der Waals surface area (Å²) >= 11 is 0. The van der Waals surface area contributed by atoms with Crippen LogP contribution in [0.25, 0.3) is 0 Å². The SMILES string of the molecule is CC[C@H](C)C1CCC(C)C(C)C1. The fraction of sp³-hybridized carbons (Fsp3) is 1.00. The van der Waals surface area contributed by atoms with Crippen LogP contribution in [0.15, 0.2) is 0 Å². The van der Waals surface area contributed by atoms with E-state index in [0.717, 1.165) is 23.7 Å². The third-order valence-electron chi connectivity index (χ3n) is 4.09. The highest BCUT2D eigenvalue weighted by atomic mass is 14.3. The predicted octanol–water partition coefficient (Wildman–Crippen LogP) is 4.10. The summed E-state index contributed by atoms with van der Waals surface area (Å²) in [6.45, 7) is 9.59. The zero-order valence-electron chi connectivity index (χ0n) is 9.14. The molecule has 3 unspecified atom stereocenters. The Morgan fingerprint density at radius 1 is 1.17 bits per heavy atom. The Kier molecular flexibility index (Phi) is 3.61. The molecule has 0 heteroatoms. The number of hydrogen-bond donors (Lipinski definition) is 0. The maximum absolute atomic E-state index is 2.43. The lowest BCUT2D eigenvalue weighted by atomic mass is 9.71. The lowest BCUT2D eigenvalue weighted by Crippen LogP contribution is -2.24. The fourth-order valence-electron chi connectivity index (χ4n) is 2.44. The minimum absolute atomic E-state index is 0.958. The molecule has 1 rings (SSSR count). The van der Waals surface area contributed by atoms with Crippen molar-refractivity contribution in [3.63, 3.8) is 0 Å². The van der Waals surface area contributed by atoms with Crippen LogP contribution in [0.1, 0.15) is 53.4 Å². The van der Waals surface area contributed by atoms with Crippen LogP contribution < -0.4 is 0 Å². The molecule has 4 atom stereocenters. The molecule has 72 valence electrons. The first kappa shape index (κ1) is 10.1. The predicted molar refractivity (Wildman–Crippen MR) is 55.1 cm³/mol. The van der Waals surface area contributed by atoms with E-state index >= 15 is 0 Å². The quantitative estimate of drug-likeness (QED) is 0.582. The molecule has 12 heavy (non-hydrogen) atoms. The lowest BCUT2D eigenvalue weighted by Gasteiger charge is -2.35. The Bertz CT molecular complexity index is 128. The molecule has 0 nitrogen and oxygen atoms in total. The highest BCUT2D eigenvalue weighted by molar-refractivity contribution is 4.77. The normalized spacial score (nSPS) is 39.5. The van der Waals surface area contributed by atoms with Crippen molar-refractivity contribution in [3.8, 4) is 0 Å². The third-order valence-corrected chi connectivity index (χ3v) is 4.09. The van der Waals surface area contributed by atoms with Gasteiger partial charge in [-0.15, -0.1) is 0 Å². The van der Waals surface area contributed by atoms with Gasteiger partial charge in [0.25, 0.3) is 0 Å². The van der Waals surface area contributed by atoms with Gasteiger partial charge in [-0.05, 0) is 36.5 Å². The van der Waals surface area contributed by atoms with Gasteiger partial charge in [-0.3, -0.25) is 0 Å². The van der Waals surface area contributed by atoms with Crippen LogP contribution in [0.5, 0.6) is 0 Å². The maximum Gasteiger partial charge on any atom is -0.0386 e. The highest BCUT2D eigenvalue weighted by Crippen LogP contribution is 2.37. The first-order chi connectivity index (χ1) is 5.65. The van der Waals surface area contributed by atoms with Crippen LogP contribution in [0.4, 0.5) is 0 Å². The molecule has 0 spiro atoms. The topological polar surface area (TPSA) is 0 Å². The van der Waals surface area contributed by atoms with E-state index in [9.17, 15) is 0 Å². The third kappa shape index (κ3) is 2.24. The zero-order chi connectivity index (χ0) is 9.14. The molecule has 1 fully saturated rings. The molecule has 1 aliphatic rings. The molecular weight excluding hydrogens is 144 g/mol. The summed E-state index contributed by atoms with van der Waals surface area (Å²) in [7, 11) is 0.